The molecule has 3 aromatic heterocycles. The molecule has 3 heterocycles. The van der Waals surface area contributed by atoms with Crippen molar-refractivity contribution in [1.29, 1.82) is 0 Å². The summed E-state index contributed by atoms with van der Waals surface area (Å²) in [5.74, 6) is 0. The first-order valence-corrected chi connectivity index (χ1v) is 8.40. The summed E-state index contributed by atoms with van der Waals surface area (Å²) in [6.45, 7) is 0.683. The normalized spacial score (nSPS) is 11.6. The van der Waals surface area contributed by atoms with E-state index in [1.54, 1.807) is 6.20 Å². The van der Waals surface area contributed by atoms with Crippen LogP contribution >= 0.6 is 11.6 Å². The van der Waals surface area contributed by atoms with Gasteiger partial charge < -0.3 is 4.57 Å². The highest BCUT2D eigenvalue weighted by Gasteiger charge is 2.15. The lowest BCUT2D eigenvalue weighted by Gasteiger charge is -2.07. The van der Waals surface area contributed by atoms with E-state index in [1.807, 2.05) is 54.7 Å². The number of hydrogen-bond donors (Lipinski definition) is 0. The van der Waals surface area contributed by atoms with Crippen molar-refractivity contribution in [2.45, 2.75) is 6.54 Å². The van der Waals surface area contributed by atoms with Gasteiger partial charge in [-0.25, -0.2) is 9.97 Å². The number of benzene rings is 2. The second-order valence-electron chi connectivity index (χ2n) is 5.99. The number of para-hydroxylation sites is 2. The number of fused-ring (bicyclic) bond motifs is 4. The molecular formula is C20H13ClN4. The van der Waals surface area contributed by atoms with Crippen molar-refractivity contribution in [3.8, 4) is 0 Å². The van der Waals surface area contributed by atoms with E-state index in [9.17, 15) is 0 Å². The SMILES string of the molecule is Clc1ccc2c(c1)c1nc3ccccc3nc1n2Cc1cccnc1. The highest BCUT2D eigenvalue weighted by Crippen LogP contribution is 2.30. The van der Waals surface area contributed by atoms with Crippen molar-refractivity contribution < 1.29 is 0 Å². The van der Waals surface area contributed by atoms with E-state index in [0.29, 0.717) is 11.6 Å². The number of pyridine rings is 1. The topological polar surface area (TPSA) is 43.6 Å². The van der Waals surface area contributed by atoms with Gasteiger partial charge in [-0.1, -0.05) is 29.8 Å². The molecule has 0 unspecified atom stereocenters. The molecule has 0 atom stereocenters. The van der Waals surface area contributed by atoms with Gasteiger partial charge in [-0.05, 0) is 42.0 Å². The van der Waals surface area contributed by atoms with Gasteiger partial charge in [0.1, 0.15) is 5.52 Å². The zero-order valence-electron chi connectivity index (χ0n) is 13.2. The van der Waals surface area contributed by atoms with Crippen LogP contribution in [0.2, 0.25) is 5.02 Å². The maximum Gasteiger partial charge on any atom is 0.160 e. The van der Waals surface area contributed by atoms with Crippen molar-refractivity contribution in [3.63, 3.8) is 0 Å². The van der Waals surface area contributed by atoms with Crippen molar-refractivity contribution in [3.05, 3.63) is 77.6 Å². The lowest BCUT2D eigenvalue weighted by molar-refractivity contribution is 0.851. The average molecular weight is 345 g/mol. The predicted molar refractivity (Wildman–Crippen MR) is 101 cm³/mol. The van der Waals surface area contributed by atoms with Crippen LogP contribution in [-0.4, -0.2) is 19.5 Å². The Balaban J connectivity index is 1.88. The highest BCUT2D eigenvalue weighted by atomic mass is 35.5. The van der Waals surface area contributed by atoms with Gasteiger partial charge in [-0.2, -0.15) is 0 Å². The van der Waals surface area contributed by atoms with Crippen LogP contribution in [0.4, 0.5) is 0 Å². The minimum Gasteiger partial charge on any atom is -0.319 e. The van der Waals surface area contributed by atoms with Gasteiger partial charge in [0.25, 0.3) is 0 Å². The number of halogens is 1. The Bertz CT molecular complexity index is 1230. The van der Waals surface area contributed by atoms with Gasteiger partial charge in [0, 0.05) is 22.8 Å². The molecule has 0 amide bonds. The summed E-state index contributed by atoms with van der Waals surface area (Å²) in [6, 6.07) is 17.8. The molecular weight excluding hydrogens is 332 g/mol. The summed E-state index contributed by atoms with van der Waals surface area (Å²) in [7, 11) is 0. The minimum atomic E-state index is 0.683. The van der Waals surface area contributed by atoms with E-state index in [2.05, 4.69) is 15.6 Å². The summed E-state index contributed by atoms with van der Waals surface area (Å²) in [4.78, 5) is 13.9. The Hall–Kier alpha value is -2.98. The van der Waals surface area contributed by atoms with Gasteiger partial charge in [0.15, 0.2) is 5.65 Å². The zero-order valence-corrected chi connectivity index (χ0v) is 14.0. The summed E-state index contributed by atoms with van der Waals surface area (Å²) < 4.78 is 2.18. The number of nitrogens with zero attached hydrogens (tertiary/aromatic N) is 4. The van der Waals surface area contributed by atoms with E-state index >= 15 is 0 Å². The van der Waals surface area contributed by atoms with Crippen molar-refractivity contribution in [2.24, 2.45) is 0 Å². The third-order valence-electron chi connectivity index (χ3n) is 4.38. The first kappa shape index (κ1) is 14.4. The Morgan fingerprint density at radius 1 is 0.920 bits per heavy atom. The molecule has 0 aliphatic heterocycles. The van der Waals surface area contributed by atoms with Crippen LogP contribution in [0.1, 0.15) is 5.56 Å². The monoisotopic (exact) mass is 344 g/mol. The summed E-state index contributed by atoms with van der Waals surface area (Å²) in [6.07, 6.45) is 3.66. The summed E-state index contributed by atoms with van der Waals surface area (Å²) in [5.41, 5.74) is 5.69. The number of aromatic nitrogens is 4. The fourth-order valence-corrected chi connectivity index (χ4v) is 3.41. The van der Waals surface area contributed by atoms with E-state index < -0.39 is 0 Å². The molecule has 4 nitrogen and oxygen atoms in total. The average Bonchev–Trinajstić information content (AvgIpc) is 2.93. The van der Waals surface area contributed by atoms with Crippen LogP contribution in [0.25, 0.3) is 33.1 Å². The Labute approximate surface area is 148 Å². The molecule has 0 saturated heterocycles. The molecule has 0 aliphatic rings. The molecule has 0 spiro atoms. The van der Waals surface area contributed by atoms with Crippen molar-refractivity contribution in [1.82, 2.24) is 19.5 Å². The van der Waals surface area contributed by atoms with Crippen molar-refractivity contribution >= 4 is 44.7 Å². The standard InChI is InChI=1S/C20H13ClN4/c21-14-7-8-18-15(10-14)19-20(24-17-6-2-1-5-16(17)23-19)25(18)12-13-4-3-9-22-11-13/h1-11H,12H2. The molecule has 5 heteroatoms. The van der Waals surface area contributed by atoms with Crippen LogP contribution in [-0.2, 0) is 6.54 Å². The van der Waals surface area contributed by atoms with E-state index in [1.165, 1.54) is 0 Å². The van der Waals surface area contributed by atoms with E-state index in [0.717, 1.165) is 38.7 Å². The Morgan fingerprint density at radius 3 is 2.56 bits per heavy atom. The maximum absolute atomic E-state index is 6.24. The molecule has 0 aliphatic carbocycles. The maximum atomic E-state index is 6.24. The van der Waals surface area contributed by atoms with Gasteiger partial charge >= 0.3 is 0 Å². The van der Waals surface area contributed by atoms with Crippen LogP contribution in [0, 0.1) is 0 Å². The molecule has 2 aromatic carbocycles. The smallest absolute Gasteiger partial charge is 0.160 e. The molecule has 120 valence electrons. The second-order valence-corrected chi connectivity index (χ2v) is 6.43. The van der Waals surface area contributed by atoms with Crippen LogP contribution in [0.5, 0.6) is 0 Å². The molecule has 25 heavy (non-hydrogen) atoms. The van der Waals surface area contributed by atoms with Gasteiger partial charge in [-0.3, -0.25) is 4.98 Å². The van der Waals surface area contributed by atoms with Crippen molar-refractivity contribution in [2.75, 3.05) is 0 Å². The summed E-state index contributed by atoms with van der Waals surface area (Å²) in [5, 5.41) is 1.72. The third kappa shape index (κ3) is 2.34. The lowest BCUT2D eigenvalue weighted by Crippen LogP contribution is -2.01. The first-order valence-electron chi connectivity index (χ1n) is 8.03. The molecule has 0 fully saturated rings. The zero-order chi connectivity index (χ0) is 16.8. The third-order valence-corrected chi connectivity index (χ3v) is 4.61. The minimum absolute atomic E-state index is 0.683. The molecule has 0 N–H and O–H groups in total. The van der Waals surface area contributed by atoms with Gasteiger partial charge in [-0.15, -0.1) is 0 Å². The molecule has 0 bridgehead atoms. The fraction of sp³-hybridized carbons (Fsp3) is 0.0500. The molecule has 0 radical (unpaired) electrons. The van der Waals surface area contributed by atoms with Gasteiger partial charge in [0.05, 0.1) is 23.1 Å². The van der Waals surface area contributed by atoms with Crippen LogP contribution < -0.4 is 0 Å². The second kappa shape index (κ2) is 5.53. The number of rotatable bonds is 2. The molecule has 5 rings (SSSR count). The quantitative estimate of drug-likeness (QED) is 0.460. The molecule has 0 saturated carbocycles. The molecule has 5 aromatic rings. The summed E-state index contributed by atoms with van der Waals surface area (Å²) >= 11 is 6.24. The Morgan fingerprint density at radius 2 is 1.76 bits per heavy atom. The van der Waals surface area contributed by atoms with E-state index in [4.69, 9.17) is 21.6 Å². The van der Waals surface area contributed by atoms with Crippen LogP contribution in [0.3, 0.4) is 0 Å². The Kier molecular flexibility index (Phi) is 3.18. The van der Waals surface area contributed by atoms with Gasteiger partial charge in [0.2, 0.25) is 0 Å². The number of hydrogen-bond acceptors (Lipinski definition) is 3. The largest absolute Gasteiger partial charge is 0.319 e. The van der Waals surface area contributed by atoms with E-state index in [-0.39, 0.29) is 0 Å². The lowest BCUT2D eigenvalue weighted by atomic mass is 10.2. The fourth-order valence-electron chi connectivity index (χ4n) is 3.24. The predicted octanol–water partition coefficient (Wildman–Crippen LogP) is 4.83. The van der Waals surface area contributed by atoms with Crippen LogP contribution in [0.15, 0.2) is 67.0 Å². The first-order chi connectivity index (χ1) is 12.3. The highest BCUT2D eigenvalue weighted by molar-refractivity contribution is 6.31.